The lowest BCUT2D eigenvalue weighted by Gasteiger charge is -2.07. The van der Waals surface area contributed by atoms with Gasteiger partial charge < -0.3 is 16.2 Å². The van der Waals surface area contributed by atoms with Crippen molar-refractivity contribution in [1.82, 2.24) is 9.38 Å². The van der Waals surface area contributed by atoms with Gasteiger partial charge in [-0.3, -0.25) is 9.20 Å². The third kappa shape index (κ3) is 2.65. The number of rotatable bonds is 4. The molecule has 0 saturated carbocycles. The Balaban J connectivity index is 2.07. The van der Waals surface area contributed by atoms with E-state index in [9.17, 15) is 9.59 Å². The fourth-order valence-electron chi connectivity index (χ4n) is 2.35. The number of esters is 1. The summed E-state index contributed by atoms with van der Waals surface area (Å²) < 4.78 is 6.31. The first-order valence-corrected chi connectivity index (χ1v) is 7.46. The van der Waals surface area contributed by atoms with Crippen LogP contribution >= 0.6 is 11.6 Å². The number of halogens is 1. The number of carbonyl (C=O) groups excluding carboxylic acids is 2. The predicted octanol–water partition coefficient (Wildman–Crippen LogP) is 2.08. The van der Waals surface area contributed by atoms with E-state index in [-0.39, 0.29) is 34.5 Å². The molecule has 8 heteroatoms. The highest BCUT2D eigenvalue weighted by molar-refractivity contribution is 6.18. The van der Waals surface area contributed by atoms with Crippen molar-refractivity contribution in [1.29, 1.82) is 0 Å². The van der Waals surface area contributed by atoms with E-state index >= 15 is 0 Å². The Bertz CT molecular complexity index is 952. The van der Waals surface area contributed by atoms with Crippen molar-refractivity contribution < 1.29 is 14.3 Å². The molecular weight excluding hydrogens is 332 g/mol. The van der Waals surface area contributed by atoms with Crippen molar-refractivity contribution in [2.45, 2.75) is 0 Å². The number of anilines is 2. The number of benzene rings is 1. The molecule has 122 valence electrons. The monoisotopic (exact) mass is 344 g/mol. The Morgan fingerprint density at radius 2 is 2.00 bits per heavy atom. The fraction of sp³-hybridized carbons (Fsp3) is 0.0625. The maximum absolute atomic E-state index is 12.8. The Hall–Kier alpha value is -3.06. The van der Waals surface area contributed by atoms with E-state index < -0.39 is 11.8 Å². The van der Waals surface area contributed by atoms with E-state index in [2.05, 4.69) is 4.98 Å². The van der Waals surface area contributed by atoms with Gasteiger partial charge in [0.15, 0.2) is 11.9 Å². The minimum Gasteiger partial charge on any atom is -0.446 e. The maximum Gasteiger partial charge on any atom is 0.341 e. The van der Waals surface area contributed by atoms with E-state index in [4.69, 9.17) is 27.8 Å². The van der Waals surface area contributed by atoms with Gasteiger partial charge in [0.25, 0.3) is 0 Å². The van der Waals surface area contributed by atoms with Gasteiger partial charge in [-0.2, -0.15) is 0 Å². The number of hydrogen-bond acceptors (Lipinski definition) is 6. The standard InChI is InChI=1S/C16H13ClN4O3/c17-8-24-16(23)10-7-9(4-5-11(10)18)13(22)15-20-14(19)12-3-1-2-6-21(12)15/h1-7H,8,18-19H2. The van der Waals surface area contributed by atoms with Gasteiger partial charge in [0.05, 0.1) is 11.1 Å². The van der Waals surface area contributed by atoms with Crippen LogP contribution in [-0.2, 0) is 4.74 Å². The average molecular weight is 345 g/mol. The lowest BCUT2D eigenvalue weighted by atomic mass is 10.0. The van der Waals surface area contributed by atoms with E-state index in [0.717, 1.165) is 0 Å². The third-order valence-corrected chi connectivity index (χ3v) is 3.61. The second-order valence-corrected chi connectivity index (χ2v) is 5.17. The van der Waals surface area contributed by atoms with Crippen molar-refractivity contribution in [3.8, 4) is 0 Å². The van der Waals surface area contributed by atoms with Gasteiger partial charge in [-0.15, -0.1) is 0 Å². The molecular formula is C16H13ClN4O3. The van der Waals surface area contributed by atoms with Crippen LogP contribution in [-0.4, -0.2) is 27.2 Å². The number of imidazole rings is 1. The smallest absolute Gasteiger partial charge is 0.341 e. The number of nitrogens with zero attached hydrogens (tertiary/aromatic N) is 2. The zero-order chi connectivity index (χ0) is 17.3. The highest BCUT2D eigenvalue weighted by Crippen LogP contribution is 2.21. The van der Waals surface area contributed by atoms with Crippen LogP contribution in [0.15, 0.2) is 42.6 Å². The molecule has 0 saturated heterocycles. The highest BCUT2D eigenvalue weighted by atomic mass is 35.5. The molecule has 0 spiro atoms. The van der Waals surface area contributed by atoms with Crippen molar-refractivity contribution in [2.75, 3.05) is 17.5 Å². The largest absolute Gasteiger partial charge is 0.446 e. The number of carbonyl (C=O) groups is 2. The van der Waals surface area contributed by atoms with Crippen molar-refractivity contribution in [3.63, 3.8) is 0 Å². The minimum atomic E-state index is -0.704. The fourth-order valence-corrected chi connectivity index (χ4v) is 2.45. The minimum absolute atomic E-state index is 0.0651. The van der Waals surface area contributed by atoms with E-state index in [1.54, 1.807) is 28.8 Å². The van der Waals surface area contributed by atoms with E-state index in [1.165, 1.54) is 18.2 Å². The van der Waals surface area contributed by atoms with Gasteiger partial charge in [0, 0.05) is 17.4 Å². The summed E-state index contributed by atoms with van der Waals surface area (Å²) in [6, 6.07) is 9.32. The molecule has 0 aliphatic heterocycles. The number of hydrogen-bond donors (Lipinski definition) is 2. The number of alkyl halides is 1. The van der Waals surface area contributed by atoms with Gasteiger partial charge in [0.2, 0.25) is 5.78 Å². The van der Waals surface area contributed by atoms with Crippen LogP contribution in [0.3, 0.4) is 0 Å². The van der Waals surface area contributed by atoms with Gasteiger partial charge in [0.1, 0.15) is 5.82 Å². The summed E-state index contributed by atoms with van der Waals surface area (Å²) in [7, 11) is 0. The Kier molecular flexibility index (Phi) is 4.09. The van der Waals surface area contributed by atoms with Gasteiger partial charge in [-0.05, 0) is 30.3 Å². The summed E-state index contributed by atoms with van der Waals surface area (Å²) >= 11 is 5.39. The first-order chi connectivity index (χ1) is 11.5. The summed E-state index contributed by atoms with van der Waals surface area (Å²) in [5, 5.41) is 0. The summed E-state index contributed by atoms with van der Waals surface area (Å²) in [5.41, 5.74) is 12.7. The Morgan fingerprint density at radius 1 is 1.21 bits per heavy atom. The van der Waals surface area contributed by atoms with Crippen LogP contribution in [0.5, 0.6) is 0 Å². The van der Waals surface area contributed by atoms with Crippen molar-refractivity contribution in [3.05, 3.63) is 59.5 Å². The Morgan fingerprint density at radius 3 is 2.75 bits per heavy atom. The second-order valence-electron chi connectivity index (χ2n) is 4.95. The topological polar surface area (TPSA) is 113 Å². The molecule has 7 nitrogen and oxygen atoms in total. The first-order valence-electron chi connectivity index (χ1n) is 6.92. The molecule has 0 fully saturated rings. The molecule has 3 aromatic rings. The normalized spacial score (nSPS) is 10.7. The Labute approximate surface area is 141 Å². The molecule has 0 atom stereocenters. The zero-order valence-electron chi connectivity index (χ0n) is 12.4. The summed E-state index contributed by atoms with van der Waals surface area (Å²) in [6.07, 6.45) is 1.69. The summed E-state index contributed by atoms with van der Waals surface area (Å²) in [5.74, 6) is -0.710. The molecule has 0 aliphatic carbocycles. The average Bonchev–Trinajstić information content (AvgIpc) is 2.92. The molecule has 0 radical (unpaired) electrons. The molecule has 4 N–H and O–H groups in total. The quantitative estimate of drug-likeness (QED) is 0.324. The molecule has 24 heavy (non-hydrogen) atoms. The lowest BCUT2D eigenvalue weighted by Crippen LogP contribution is -2.11. The van der Waals surface area contributed by atoms with Crippen molar-refractivity contribution >= 4 is 40.4 Å². The SMILES string of the molecule is Nc1ccc(C(=O)c2nc(N)c3ccccn23)cc1C(=O)OCCl. The molecule has 0 unspecified atom stereocenters. The highest BCUT2D eigenvalue weighted by Gasteiger charge is 2.20. The van der Waals surface area contributed by atoms with E-state index in [1.807, 2.05) is 0 Å². The van der Waals surface area contributed by atoms with Crippen LogP contribution in [0.2, 0.25) is 0 Å². The molecule has 3 rings (SSSR count). The number of nitrogen functional groups attached to an aromatic ring is 2. The molecule has 1 aromatic carbocycles. The number of ketones is 1. The second kappa shape index (κ2) is 6.21. The van der Waals surface area contributed by atoms with Crippen LogP contribution < -0.4 is 11.5 Å². The van der Waals surface area contributed by atoms with Crippen LogP contribution in [0.1, 0.15) is 26.5 Å². The summed E-state index contributed by atoms with van der Waals surface area (Å²) in [4.78, 5) is 28.7. The number of aromatic nitrogens is 2. The van der Waals surface area contributed by atoms with Crippen LogP contribution in [0.4, 0.5) is 11.5 Å². The number of fused-ring (bicyclic) bond motifs is 1. The van der Waals surface area contributed by atoms with Gasteiger partial charge >= 0.3 is 5.97 Å². The molecule has 2 heterocycles. The lowest BCUT2D eigenvalue weighted by molar-refractivity contribution is 0.0575. The van der Waals surface area contributed by atoms with Crippen molar-refractivity contribution in [2.24, 2.45) is 0 Å². The van der Waals surface area contributed by atoms with Gasteiger partial charge in [-0.25, -0.2) is 9.78 Å². The predicted molar refractivity (Wildman–Crippen MR) is 90.0 cm³/mol. The third-order valence-electron chi connectivity index (χ3n) is 3.50. The molecule has 0 bridgehead atoms. The van der Waals surface area contributed by atoms with Gasteiger partial charge in [-0.1, -0.05) is 17.7 Å². The summed E-state index contributed by atoms with van der Waals surface area (Å²) in [6.45, 7) is 0. The number of ether oxygens (including phenoxy) is 1. The number of nitrogens with two attached hydrogens (primary N) is 2. The number of pyridine rings is 1. The first kappa shape index (κ1) is 15.8. The maximum atomic E-state index is 12.8. The van der Waals surface area contributed by atoms with Crippen LogP contribution in [0, 0.1) is 0 Å². The molecule has 0 aliphatic rings. The van der Waals surface area contributed by atoms with E-state index in [0.29, 0.717) is 5.52 Å². The molecule has 0 amide bonds. The van der Waals surface area contributed by atoms with Crippen LogP contribution in [0.25, 0.3) is 5.52 Å². The molecule has 2 aromatic heterocycles. The zero-order valence-corrected chi connectivity index (χ0v) is 13.2.